The van der Waals surface area contributed by atoms with Crippen molar-refractivity contribution >= 4 is 18.0 Å². The topological polar surface area (TPSA) is 108 Å². The SMILES string of the molecule is O=C(CNC(=O)OCC1c2ccccc2-c2ccccc21)NC1(C(=O)O)CCN(Cc2ccccc2)CC1. The van der Waals surface area contributed by atoms with E-state index in [2.05, 4.69) is 27.7 Å². The number of aliphatic carboxylic acids is 1. The molecule has 0 spiro atoms. The second kappa shape index (κ2) is 11.1. The molecule has 0 saturated carbocycles. The van der Waals surface area contributed by atoms with Crippen molar-refractivity contribution in [2.75, 3.05) is 26.2 Å². The maximum Gasteiger partial charge on any atom is 0.407 e. The number of likely N-dealkylation sites (tertiary alicyclic amines) is 1. The zero-order valence-corrected chi connectivity index (χ0v) is 21.1. The zero-order chi connectivity index (χ0) is 26.5. The molecule has 0 aromatic heterocycles. The molecular weight excluding hydrogens is 482 g/mol. The lowest BCUT2D eigenvalue weighted by Gasteiger charge is -2.39. The molecule has 0 radical (unpaired) electrons. The third-order valence-electron chi connectivity index (χ3n) is 7.48. The molecule has 1 fully saturated rings. The Labute approximate surface area is 221 Å². The van der Waals surface area contributed by atoms with Crippen molar-refractivity contribution in [3.63, 3.8) is 0 Å². The van der Waals surface area contributed by atoms with Gasteiger partial charge in [-0.15, -0.1) is 0 Å². The third-order valence-corrected chi connectivity index (χ3v) is 7.48. The number of nitrogens with one attached hydrogen (secondary N) is 2. The number of carbonyl (C=O) groups excluding carboxylic acids is 2. The number of rotatable bonds is 8. The number of amides is 2. The van der Waals surface area contributed by atoms with E-state index in [1.54, 1.807) is 0 Å². The summed E-state index contributed by atoms with van der Waals surface area (Å²) in [7, 11) is 0. The fourth-order valence-electron chi connectivity index (χ4n) is 5.44. The molecule has 38 heavy (non-hydrogen) atoms. The summed E-state index contributed by atoms with van der Waals surface area (Å²) in [6, 6.07) is 26.1. The fraction of sp³-hybridized carbons (Fsp3) is 0.300. The van der Waals surface area contributed by atoms with Crippen LogP contribution in [0.4, 0.5) is 4.79 Å². The second-order valence-electron chi connectivity index (χ2n) is 9.88. The first kappa shape index (κ1) is 25.5. The van der Waals surface area contributed by atoms with Gasteiger partial charge in [-0.25, -0.2) is 9.59 Å². The molecule has 1 aliphatic carbocycles. The molecule has 1 heterocycles. The Morgan fingerprint density at radius 1 is 0.868 bits per heavy atom. The highest BCUT2D eigenvalue weighted by molar-refractivity contribution is 5.89. The number of carboxylic acid groups (broad SMARTS) is 1. The van der Waals surface area contributed by atoms with E-state index in [1.165, 1.54) is 0 Å². The normalized spacial score (nSPS) is 16.2. The van der Waals surface area contributed by atoms with E-state index in [-0.39, 0.29) is 31.9 Å². The van der Waals surface area contributed by atoms with Gasteiger partial charge >= 0.3 is 12.1 Å². The van der Waals surface area contributed by atoms with E-state index in [1.807, 2.05) is 66.7 Å². The van der Waals surface area contributed by atoms with Gasteiger partial charge in [-0.3, -0.25) is 9.69 Å². The summed E-state index contributed by atoms with van der Waals surface area (Å²) in [5.41, 5.74) is 4.26. The average molecular weight is 514 g/mol. The van der Waals surface area contributed by atoms with Crippen LogP contribution >= 0.6 is 0 Å². The summed E-state index contributed by atoms with van der Waals surface area (Å²) in [6.45, 7) is 1.59. The summed E-state index contributed by atoms with van der Waals surface area (Å²) in [5.74, 6) is -1.71. The fourth-order valence-corrected chi connectivity index (χ4v) is 5.44. The molecule has 1 saturated heterocycles. The summed E-state index contributed by atoms with van der Waals surface area (Å²) >= 11 is 0. The Morgan fingerprint density at radius 2 is 1.45 bits per heavy atom. The quantitative estimate of drug-likeness (QED) is 0.423. The van der Waals surface area contributed by atoms with Gasteiger partial charge in [0, 0.05) is 25.6 Å². The van der Waals surface area contributed by atoms with Crippen molar-refractivity contribution in [3.05, 3.63) is 95.6 Å². The van der Waals surface area contributed by atoms with Crippen LogP contribution in [0.2, 0.25) is 0 Å². The number of piperidine rings is 1. The van der Waals surface area contributed by atoms with E-state index in [4.69, 9.17) is 4.74 Å². The molecule has 8 heteroatoms. The van der Waals surface area contributed by atoms with Gasteiger partial charge in [0.15, 0.2) is 0 Å². The molecule has 1 aliphatic heterocycles. The molecule has 8 nitrogen and oxygen atoms in total. The number of fused-ring (bicyclic) bond motifs is 3. The van der Waals surface area contributed by atoms with Crippen LogP contribution in [0.25, 0.3) is 11.1 Å². The highest BCUT2D eigenvalue weighted by Crippen LogP contribution is 2.44. The monoisotopic (exact) mass is 513 g/mol. The van der Waals surface area contributed by atoms with Crippen molar-refractivity contribution in [1.29, 1.82) is 0 Å². The Kier molecular flexibility index (Phi) is 7.42. The van der Waals surface area contributed by atoms with Gasteiger partial charge in [-0.05, 0) is 40.7 Å². The lowest BCUT2D eigenvalue weighted by molar-refractivity contribution is -0.150. The van der Waals surface area contributed by atoms with Crippen LogP contribution in [0.3, 0.4) is 0 Å². The smallest absolute Gasteiger partial charge is 0.407 e. The summed E-state index contributed by atoms with van der Waals surface area (Å²) in [5, 5.41) is 15.0. The van der Waals surface area contributed by atoms with Gasteiger partial charge < -0.3 is 20.5 Å². The predicted octanol–water partition coefficient (Wildman–Crippen LogP) is 3.76. The maximum absolute atomic E-state index is 12.6. The Morgan fingerprint density at radius 3 is 2.05 bits per heavy atom. The highest BCUT2D eigenvalue weighted by Gasteiger charge is 2.42. The minimum absolute atomic E-state index is 0.0849. The zero-order valence-electron chi connectivity index (χ0n) is 21.1. The predicted molar refractivity (Wildman–Crippen MR) is 143 cm³/mol. The summed E-state index contributed by atoms with van der Waals surface area (Å²) in [4.78, 5) is 39.3. The number of hydrogen-bond donors (Lipinski definition) is 3. The van der Waals surface area contributed by atoms with E-state index in [0.29, 0.717) is 13.1 Å². The van der Waals surface area contributed by atoms with Gasteiger partial charge in [-0.2, -0.15) is 0 Å². The van der Waals surface area contributed by atoms with Gasteiger partial charge in [-0.1, -0.05) is 78.9 Å². The van der Waals surface area contributed by atoms with Gasteiger partial charge in [0.25, 0.3) is 0 Å². The molecule has 2 amide bonds. The third kappa shape index (κ3) is 5.40. The first-order valence-electron chi connectivity index (χ1n) is 12.8. The maximum atomic E-state index is 12.6. The number of hydrogen-bond acceptors (Lipinski definition) is 5. The second-order valence-corrected chi connectivity index (χ2v) is 9.88. The average Bonchev–Trinajstić information content (AvgIpc) is 3.26. The van der Waals surface area contributed by atoms with Crippen LogP contribution in [0.15, 0.2) is 78.9 Å². The van der Waals surface area contributed by atoms with E-state index in [9.17, 15) is 19.5 Å². The minimum atomic E-state index is -1.35. The van der Waals surface area contributed by atoms with Crippen LogP contribution in [0, 0.1) is 0 Å². The number of carbonyl (C=O) groups is 3. The van der Waals surface area contributed by atoms with Gasteiger partial charge in [0.1, 0.15) is 18.7 Å². The molecule has 2 aliphatic rings. The molecule has 3 aromatic rings. The van der Waals surface area contributed by atoms with E-state index in [0.717, 1.165) is 34.4 Å². The number of ether oxygens (including phenoxy) is 1. The van der Waals surface area contributed by atoms with Crippen LogP contribution < -0.4 is 10.6 Å². The first-order chi connectivity index (χ1) is 18.4. The molecule has 0 atom stereocenters. The minimum Gasteiger partial charge on any atom is -0.480 e. The molecular formula is C30H31N3O5. The molecule has 0 unspecified atom stereocenters. The largest absolute Gasteiger partial charge is 0.480 e. The molecule has 0 bridgehead atoms. The number of nitrogens with zero attached hydrogens (tertiary/aromatic N) is 1. The first-order valence-corrected chi connectivity index (χ1v) is 12.8. The van der Waals surface area contributed by atoms with Crippen molar-refractivity contribution in [1.82, 2.24) is 15.5 Å². The van der Waals surface area contributed by atoms with Gasteiger partial charge in [0.2, 0.25) is 5.91 Å². The Bertz CT molecular complexity index is 1270. The van der Waals surface area contributed by atoms with Crippen molar-refractivity contribution in [2.24, 2.45) is 0 Å². The van der Waals surface area contributed by atoms with Crippen LogP contribution in [0.5, 0.6) is 0 Å². The number of benzene rings is 3. The molecule has 196 valence electrons. The van der Waals surface area contributed by atoms with Crippen molar-refractivity contribution in [2.45, 2.75) is 30.8 Å². The molecule has 5 rings (SSSR count). The number of alkyl carbamates (subject to hydrolysis) is 1. The van der Waals surface area contributed by atoms with Crippen molar-refractivity contribution in [3.8, 4) is 11.1 Å². The Balaban J connectivity index is 1.11. The van der Waals surface area contributed by atoms with Crippen LogP contribution in [0.1, 0.15) is 35.4 Å². The lowest BCUT2D eigenvalue weighted by Crippen LogP contribution is -2.61. The lowest BCUT2D eigenvalue weighted by atomic mass is 9.87. The van der Waals surface area contributed by atoms with E-state index >= 15 is 0 Å². The Hall–Kier alpha value is -4.17. The summed E-state index contributed by atoms with van der Waals surface area (Å²) < 4.78 is 5.47. The molecule has 3 aromatic carbocycles. The number of carboxylic acids is 1. The van der Waals surface area contributed by atoms with Crippen LogP contribution in [-0.4, -0.2) is 59.8 Å². The summed E-state index contributed by atoms with van der Waals surface area (Å²) in [6.07, 6.45) is -0.151. The standard InChI is InChI=1S/C30H31N3O5/c34-27(32-30(28(35)36)14-16-33(17-15-30)19-21-8-2-1-3-9-21)18-31-29(37)38-20-26-24-12-6-4-10-22(24)23-11-5-7-13-25(23)26/h1-13,26H,14-20H2,(H,31,37)(H,32,34)(H,35,36). The highest BCUT2D eigenvalue weighted by atomic mass is 16.5. The molecule has 3 N–H and O–H groups in total. The van der Waals surface area contributed by atoms with Crippen LogP contribution in [-0.2, 0) is 20.9 Å². The van der Waals surface area contributed by atoms with Gasteiger partial charge in [0.05, 0.1) is 0 Å². The van der Waals surface area contributed by atoms with E-state index < -0.39 is 23.5 Å². The van der Waals surface area contributed by atoms with Crippen molar-refractivity contribution < 1.29 is 24.2 Å².